The first-order valence-electron chi connectivity index (χ1n) is 11.9. The first kappa shape index (κ1) is 20.7. The number of benzene rings is 2. The van der Waals surface area contributed by atoms with Gasteiger partial charge in [0.15, 0.2) is 5.75 Å². The molecular formula is C28H27ClN2O2. The molecule has 0 spiro atoms. The quantitative estimate of drug-likeness (QED) is 0.438. The number of amides is 1. The highest BCUT2D eigenvalue weighted by Gasteiger charge is 2.52. The molecule has 4 saturated carbocycles. The lowest BCUT2D eigenvalue weighted by atomic mass is 9.48. The van der Waals surface area contributed by atoms with Crippen LogP contribution in [0.5, 0.6) is 11.5 Å². The smallest absolute Gasteiger partial charge is 0.255 e. The molecule has 4 bridgehead atoms. The zero-order valence-electron chi connectivity index (χ0n) is 18.5. The molecule has 168 valence electrons. The lowest BCUT2D eigenvalue weighted by molar-refractivity contribution is -0.00721. The zero-order chi connectivity index (χ0) is 22.4. The van der Waals surface area contributed by atoms with Crippen molar-refractivity contribution in [3.8, 4) is 11.5 Å². The number of nitrogens with zero attached hydrogens (tertiary/aromatic N) is 1. The Balaban J connectivity index is 1.26. The number of aromatic nitrogens is 1. The maximum Gasteiger partial charge on any atom is 0.255 e. The maximum absolute atomic E-state index is 13.3. The van der Waals surface area contributed by atoms with E-state index in [4.69, 9.17) is 21.3 Å². The second-order valence-corrected chi connectivity index (χ2v) is 10.6. The molecule has 2 aromatic carbocycles. The summed E-state index contributed by atoms with van der Waals surface area (Å²) in [5.74, 6) is 3.57. The van der Waals surface area contributed by atoms with Gasteiger partial charge in [0.1, 0.15) is 5.75 Å². The van der Waals surface area contributed by atoms with Crippen LogP contribution in [-0.4, -0.2) is 10.9 Å². The maximum atomic E-state index is 13.3. The Kier molecular flexibility index (Phi) is 5.14. The Morgan fingerprint density at radius 2 is 1.64 bits per heavy atom. The molecule has 1 aromatic heterocycles. The van der Waals surface area contributed by atoms with Gasteiger partial charge in [-0.2, -0.15) is 0 Å². The van der Waals surface area contributed by atoms with Crippen molar-refractivity contribution in [3.63, 3.8) is 0 Å². The average molecular weight is 459 g/mol. The predicted molar refractivity (Wildman–Crippen MR) is 130 cm³/mol. The van der Waals surface area contributed by atoms with E-state index in [9.17, 15) is 4.79 Å². The fourth-order valence-corrected chi connectivity index (χ4v) is 6.96. The minimum atomic E-state index is -0.177. The highest BCUT2D eigenvalue weighted by atomic mass is 35.5. The van der Waals surface area contributed by atoms with Gasteiger partial charge in [0.25, 0.3) is 5.91 Å². The normalized spacial score (nSPS) is 27.4. The topological polar surface area (TPSA) is 51.2 Å². The third kappa shape index (κ3) is 4.02. The van der Waals surface area contributed by atoms with Crippen LogP contribution in [0.4, 0.5) is 5.69 Å². The minimum Gasteiger partial charge on any atom is -0.455 e. The van der Waals surface area contributed by atoms with E-state index < -0.39 is 0 Å². The van der Waals surface area contributed by atoms with Crippen LogP contribution in [-0.2, 0) is 5.41 Å². The molecule has 4 nitrogen and oxygen atoms in total. The third-order valence-electron chi connectivity index (χ3n) is 7.76. The molecule has 0 aliphatic heterocycles. The molecule has 4 fully saturated rings. The number of halogens is 1. The molecule has 0 radical (unpaired) electrons. The van der Waals surface area contributed by atoms with Gasteiger partial charge in [-0.3, -0.25) is 9.78 Å². The Hall–Kier alpha value is -2.85. The number of hydrogen-bond acceptors (Lipinski definition) is 3. The summed E-state index contributed by atoms with van der Waals surface area (Å²) in [7, 11) is 0. The molecule has 1 amide bonds. The second-order valence-electron chi connectivity index (χ2n) is 10.1. The van der Waals surface area contributed by atoms with E-state index in [1.807, 2.05) is 36.4 Å². The SMILES string of the molecule is O=C(Nc1cc(Cl)ccc1Oc1ccccc1)c1ccnc(C23CC4CC(CC(C4)C2)C3)c1. The number of rotatable bonds is 5. The standard InChI is InChI=1S/C28H27ClN2O2/c29-22-6-7-25(33-23-4-2-1-3-5-23)24(14-22)31-27(32)21-8-9-30-26(13-21)28-15-18-10-19(16-28)12-20(11-18)17-28/h1-9,13-14,18-20H,10-12,15-17H2,(H,31,32). The lowest BCUT2D eigenvalue weighted by Gasteiger charge is -2.56. The summed E-state index contributed by atoms with van der Waals surface area (Å²) in [4.78, 5) is 18.1. The molecule has 5 heteroatoms. The molecule has 0 atom stereocenters. The van der Waals surface area contributed by atoms with Crippen LogP contribution < -0.4 is 10.1 Å². The fraction of sp³-hybridized carbons (Fsp3) is 0.357. The van der Waals surface area contributed by atoms with Gasteiger partial charge in [0, 0.05) is 27.9 Å². The molecule has 0 unspecified atom stereocenters. The molecule has 1 N–H and O–H groups in total. The molecule has 4 aliphatic carbocycles. The zero-order valence-corrected chi connectivity index (χ0v) is 19.2. The first-order valence-corrected chi connectivity index (χ1v) is 12.2. The van der Waals surface area contributed by atoms with E-state index in [1.54, 1.807) is 30.5 Å². The van der Waals surface area contributed by atoms with Crippen molar-refractivity contribution in [2.75, 3.05) is 5.32 Å². The number of anilines is 1. The van der Waals surface area contributed by atoms with Crippen molar-refractivity contribution in [1.82, 2.24) is 4.98 Å². The summed E-state index contributed by atoms with van der Waals surface area (Å²) in [6, 6.07) is 18.6. The Morgan fingerprint density at radius 3 is 2.33 bits per heavy atom. The number of pyridine rings is 1. The van der Waals surface area contributed by atoms with Gasteiger partial charge < -0.3 is 10.1 Å². The number of nitrogens with one attached hydrogen (secondary N) is 1. The summed E-state index contributed by atoms with van der Waals surface area (Å²) in [6.07, 6.45) is 9.62. The highest BCUT2D eigenvalue weighted by Crippen LogP contribution is 2.60. The van der Waals surface area contributed by atoms with Crippen LogP contribution >= 0.6 is 11.6 Å². The van der Waals surface area contributed by atoms with Crippen molar-refractivity contribution in [3.05, 3.63) is 83.1 Å². The van der Waals surface area contributed by atoms with Crippen LogP contribution in [0.2, 0.25) is 5.02 Å². The number of para-hydroxylation sites is 1. The highest BCUT2D eigenvalue weighted by molar-refractivity contribution is 6.31. The molecule has 1 heterocycles. The first-order chi connectivity index (χ1) is 16.1. The minimum absolute atomic E-state index is 0.155. The lowest BCUT2D eigenvalue weighted by Crippen LogP contribution is -2.49. The molecular weight excluding hydrogens is 432 g/mol. The molecule has 4 aliphatic rings. The van der Waals surface area contributed by atoms with E-state index in [-0.39, 0.29) is 11.3 Å². The number of carbonyl (C=O) groups is 1. The molecule has 7 rings (SSSR count). The largest absolute Gasteiger partial charge is 0.455 e. The summed E-state index contributed by atoms with van der Waals surface area (Å²) in [5, 5.41) is 3.55. The van der Waals surface area contributed by atoms with E-state index in [1.165, 1.54) is 38.5 Å². The van der Waals surface area contributed by atoms with Gasteiger partial charge in [-0.15, -0.1) is 0 Å². The second kappa shape index (κ2) is 8.18. The Labute approximate surface area is 199 Å². The Bertz CT molecular complexity index is 1160. The van der Waals surface area contributed by atoms with Gasteiger partial charge in [-0.05, 0) is 98.7 Å². The van der Waals surface area contributed by atoms with Gasteiger partial charge in [-0.1, -0.05) is 29.8 Å². The van der Waals surface area contributed by atoms with E-state index in [2.05, 4.69) is 5.32 Å². The van der Waals surface area contributed by atoms with Gasteiger partial charge in [0.2, 0.25) is 0 Å². The summed E-state index contributed by atoms with van der Waals surface area (Å²) < 4.78 is 6.00. The molecule has 3 aromatic rings. The van der Waals surface area contributed by atoms with Crippen LogP contribution in [0.15, 0.2) is 66.9 Å². The summed E-state index contributed by atoms with van der Waals surface area (Å²) >= 11 is 6.23. The van der Waals surface area contributed by atoms with E-state index in [0.29, 0.717) is 27.8 Å². The van der Waals surface area contributed by atoms with E-state index in [0.717, 1.165) is 23.4 Å². The number of carbonyl (C=O) groups excluding carboxylic acids is 1. The average Bonchev–Trinajstić information content (AvgIpc) is 2.81. The van der Waals surface area contributed by atoms with Crippen molar-refractivity contribution < 1.29 is 9.53 Å². The van der Waals surface area contributed by atoms with Crippen molar-refractivity contribution in [1.29, 1.82) is 0 Å². The van der Waals surface area contributed by atoms with Crippen molar-refractivity contribution >= 4 is 23.2 Å². The van der Waals surface area contributed by atoms with Crippen molar-refractivity contribution in [2.45, 2.75) is 43.9 Å². The van der Waals surface area contributed by atoms with Crippen LogP contribution in [0.1, 0.15) is 54.6 Å². The third-order valence-corrected chi connectivity index (χ3v) is 8.00. The predicted octanol–water partition coefficient (Wildman–Crippen LogP) is 7.25. The number of ether oxygens (including phenoxy) is 1. The monoisotopic (exact) mass is 458 g/mol. The van der Waals surface area contributed by atoms with Crippen molar-refractivity contribution in [2.24, 2.45) is 17.8 Å². The number of hydrogen-bond donors (Lipinski definition) is 1. The van der Waals surface area contributed by atoms with Gasteiger partial charge in [-0.25, -0.2) is 0 Å². The van der Waals surface area contributed by atoms with Gasteiger partial charge in [0.05, 0.1) is 5.69 Å². The van der Waals surface area contributed by atoms with Gasteiger partial charge >= 0.3 is 0 Å². The summed E-state index contributed by atoms with van der Waals surface area (Å²) in [5.41, 5.74) is 2.43. The molecule has 33 heavy (non-hydrogen) atoms. The van der Waals surface area contributed by atoms with Crippen LogP contribution in [0, 0.1) is 17.8 Å². The Morgan fingerprint density at radius 1 is 0.939 bits per heavy atom. The summed E-state index contributed by atoms with van der Waals surface area (Å²) in [6.45, 7) is 0. The van der Waals surface area contributed by atoms with Crippen LogP contribution in [0.25, 0.3) is 0 Å². The molecule has 0 saturated heterocycles. The van der Waals surface area contributed by atoms with E-state index >= 15 is 0 Å². The fourth-order valence-electron chi connectivity index (χ4n) is 6.79. The van der Waals surface area contributed by atoms with Crippen LogP contribution in [0.3, 0.4) is 0 Å².